The van der Waals surface area contributed by atoms with E-state index in [-0.39, 0.29) is 0 Å². The number of halogens is 1. The van der Waals surface area contributed by atoms with Crippen LogP contribution in [0, 0.1) is 0 Å². The summed E-state index contributed by atoms with van der Waals surface area (Å²) in [5.74, 6) is 0. The predicted molar refractivity (Wildman–Crippen MR) is 59.3 cm³/mol. The third kappa shape index (κ3) is 2.26. The summed E-state index contributed by atoms with van der Waals surface area (Å²) in [5, 5.41) is 10.0. The smallest absolute Gasteiger partial charge is 0.130 e. The summed E-state index contributed by atoms with van der Waals surface area (Å²) in [5.41, 5.74) is 0. The molecule has 0 fully saturated rings. The molecular formula is C7H6BrN3S2. The second-order valence-electron chi connectivity index (χ2n) is 2.33. The van der Waals surface area contributed by atoms with Crippen molar-refractivity contribution in [1.29, 1.82) is 0 Å². The summed E-state index contributed by atoms with van der Waals surface area (Å²) in [6.45, 7) is 0.822. The van der Waals surface area contributed by atoms with E-state index in [2.05, 4.69) is 36.2 Å². The van der Waals surface area contributed by atoms with Gasteiger partial charge in [-0.3, -0.25) is 0 Å². The van der Waals surface area contributed by atoms with Crippen LogP contribution in [-0.2, 0) is 6.54 Å². The zero-order valence-corrected chi connectivity index (χ0v) is 9.75. The Hall–Kier alpha value is -0.460. The average molecular weight is 276 g/mol. The van der Waals surface area contributed by atoms with Crippen LogP contribution in [-0.4, -0.2) is 9.59 Å². The lowest BCUT2D eigenvalue weighted by Crippen LogP contribution is -1.95. The van der Waals surface area contributed by atoms with Gasteiger partial charge >= 0.3 is 0 Å². The molecule has 68 valence electrons. The van der Waals surface area contributed by atoms with Gasteiger partial charge in [0.15, 0.2) is 0 Å². The Balaban J connectivity index is 1.97. The van der Waals surface area contributed by atoms with E-state index >= 15 is 0 Å². The van der Waals surface area contributed by atoms with Gasteiger partial charge in [-0.2, -0.15) is 0 Å². The molecule has 0 aliphatic heterocycles. The molecule has 2 aromatic heterocycles. The standard InChI is InChI=1S/C7H6BrN3S2/c8-5-1-2-12-6(5)3-9-7-4-10-11-13-7/h1-2,4,9H,3H2. The Bertz CT molecular complexity index is 371. The van der Waals surface area contributed by atoms with Gasteiger partial charge < -0.3 is 5.32 Å². The second-order valence-corrected chi connectivity index (χ2v) is 4.97. The van der Waals surface area contributed by atoms with E-state index in [9.17, 15) is 0 Å². The molecule has 0 amide bonds. The number of nitrogens with one attached hydrogen (secondary N) is 1. The average Bonchev–Trinajstić information content (AvgIpc) is 2.72. The normalized spacial score (nSPS) is 10.2. The fraction of sp³-hybridized carbons (Fsp3) is 0.143. The van der Waals surface area contributed by atoms with E-state index in [1.54, 1.807) is 17.5 Å². The minimum absolute atomic E-state index is 0.822. The van der Waals surface area contributed by atoms with Crippen LogP contribution >= 0.6 is 38.8 Å². The molecule has 6 heteroatoms. The van der Waals surface area contributed by atoms with E-state index in [0.29, 0.717) is 0 Å². The molecule has 13 heavy (non-hydrogen) atoms. The molecular weight excluding hydrogens is 270 g/mol. The molecule has 0 radical (unpaired) electrons. The van der Waals surface area contributed by atoms with Gasteiger partial charge in [0.25, 0.3) is 0 Å². The Labute approximate surface area is 92.1 Å². The number of hydrogen-bond donors (Lipinski definition) is 1. The van der Waals surface area contributed by atoms with Crippen molar-refractivity contribution in [3.05, 3.63) is 27.0 Å². The van der Waals surface area contributed by atoms with E-state index in [1.165, 1.54) is 16.4 Å². The van der Waals surface area contributed by atoms with Crippen LogP contribution in [0.3, 0.4) is 0 Å². The molecule has 2 aromatic rings. The van der Waals surface area contributed by atoms with Gasteiger partial charge in [0.2, 0.25) is 0 Å². The molecule has 0 atom stereocenters. The Morgan fingerprint density at radius 2 is 2.46 bits per heavy atom. The first-order chi connectivity index (χ1) is 6.36. The lowest BCUT2D eigenvalue weighted by atomic mass is 10.5. The number of hydrogen-bond acceptors (Lipinski definition) is 5. The summed E-state index contributed by atoms with van der Waals surface area (Å²) in [4.78, 5) is 1.29. The van der Waals surface area contributed by atoms with Crippen molar-refractivity contribution in [3.63, 3.8) is 0 Å². The first-order valence-electron chi connectivity index (χ1n) is 3.59. The van der Waals surface area contributed by atoms with Gasteiger partial charge in [-0.1, -0.05) is 4.49 Å². The highest BCUT2D eigenvalue weighted by Gasteiger charge is 2.01. The van der Waals surface area contributed by atoms with Gasteiger partial charge in [-0.05, 0) is 27.4 Å². The third-order valence-electron chi connectivity index (χ3n) is 1.48. The van der Waals surface area contributed by atoms with Gasteiger partial charge in [-0.15, -0.1) is 16.4 Å². The fourth-order valence-corrected chi connectivity index (χ4v) is 2.71. The van der Waals surface area contributed by atoms with Gasteiger partial charge in [-0.25, -0.2) is 0 Å². The Morgan fingerprint density at radius 1 is 1.54 bits per heavy atom. The van der Waals surface area contributed by atoms with Crippen LogP contribution in [0.1, 0.15) is 4.88 Å². The monoisotopic (exact) mass is 275 g/mol. The van der Waals surface area contributed by atoms with Crippen molar-refractivity contribution >= 4 is 43.8 Å². The molecule has 0 aliphatic rings. The molecule has 1 N–H and O–H groups in total. The van der Waals surface area contributed by atoms with Crippen LogP contribution in [0.5, 0.6) is 0 Å². The molecule has 0 aromatic carbocycles. The maximum atomic E-state index is 3.77. The van der Waals surface area contributed by atoms with E-state index in [4.69, 9.17) is 0 Å². The van der Waals surface area contributed by atoms with Gasteiger partial charge in [0.1, 0.15) is 5.00 Å². The number of thiophene rings is 1. The molecule has 0 bridgehead atoms. The van der Waals surface area contributed by atoms with E-state index in [1.807, 2.05) is 6.07 Å². The summed E-state index contributed by atoms with van der Waals surface area (Å²) in [7, 11) is 0. The van der Waals surface area contributed by atoms with E-state index < -0.39 is 0 Å². The van der Waals surface area contributed by atoms with Crippen LogP contribution in [0.4, 0.5) is 5.00 Å². The van der Waals surface area contributed by atoms with Crippen molar-refractivity contribution in [2.24, 2.45) is 0 Å². The molecule has 2 rings (SSSR count). The highest BCUT2D eigenvalue weighted by molar-refractivity contribution is 9.10. The fourth-order valence-electron chi connectivity index (χ4n) is 0.864. The maximum absolute atomic E-state index is 3.77. The predicted octanol–water partition coefficient (Wildman–Crippen LogP) is 2.97. The van der Waals surface area contributed by atoms with Crippen molar-refractivity contribution in [1.82, 2.24) is 9.59 Å². The summed E-state index contributed by atoms with van der Waals surface area (Å²) in [6, 6.07) is 2.05. The lowest BCUT2D eigenvalue weighted by molar-refractivity contribution is 1.14. The molecule has 0 aliphatic carbocycles. The zero-order chi connectivity index (χ0) is 9.10. The topological polar surface area (TPSA) is 37.8 Å². The summed E-state index contributed by atoms with van der Waals surface area (Å²) < 4.78 is 4.92. The lowest BCUT2D eigenvalue weighted by Gasteiger charge is -1.99. The van der Waals surface area contributed by atoms with Crippen molar-refractivity contribution in [3.8, 4) is 0 Å². The van der Waals surface area contributed by atoms with Gasteiger partial charge in [0, 0.05) is 20.9 Å². The van der Waals surface area contributed by atoms with Gasteiger partial charge in [0.05, 0.1) is 12.7 Å². The molecule has 2 heterocycles. The Morgan fingerprint density at radius 3 is 3.08 bits per heavy atom. The highest BCUT2D eigenvalue weighted by atomic mass is 79.9. The molecule has 0 saturated heterocycles. The van der Waals surface area contributed by atoms with Crippen molar-refractivity contribution in [2.45, 2.75) is 6.54 Å². The number of nitrogens with zero attached hydrogens (tertiary/aromatic N) is 2. The molecule has 0 unspecified atom stereocenters. The third-order valence-corrected chi connectivity index (χ3v) is 4.02. The largest absolute Gasteiger partial charge is 0.369 e. The second kappa shape index (κ2) is 4.17. The highest BCUT2D eigenvalue weighted by Crippen LogP contribution is 2.23. The molecule has 3 nitrogen and oxygen atoms in total. The van der Waals surface area contributed by atoms with Crippen molar-refractivity contribution in [2.75, 3.05) is 5.32 Å². The number of aromatic nitrogens is 2. The first kappa shape index (κ1) is 9.11. The summed E-state index contributed by atoms with van der Waals surface area (Å²) >= 11 is 6.57. The SMILES string of the molecule is Brc1ccsc1CNc1cnns1. The maximum Gasteiger partial charge on any atom is 0.130 e. The van der Waals surface area contributed by atoms with Crippen LogP contribution in [0.15, 0.2) is 22.1 Å². The van der Waals surface area contributed by atoms with Crippen LogP contribution in [0.25, 0.3) is 0 Å². The van der Waals surface area contributed by atoms with Crippen LogP contribution < -0.4 is 5.32 Å². The van der Waals surface area contributed by atoms with E-state index in [0.717, 1.165) is 16.0 Å². The first-order valence-corrected chi connectivity index (χ1v) is 6.04. The van der Waals surface area contributed by atoms with Crippen LogP contribution in [0.2, 0.25) is 0 Å². The quantitative estimate of drug-likeness (QED) is 0.936. The van der Waals surface area contributed by atoms with Crippen molar-refractivity contribution < 1.29 is 0 Å². The minimum Gasteiger partial charge on any atom is -0.369 e. The minimum atomic E-state index is 0.822. The molecule has 0 saturated carbocycles. The number of rotatable bonds is 3. The Kier molecular flexibility index (Phi) is 2.92. The molecule has 0 spiro atoms. The summed E-state index contributed by atoms with van der Waals surface area (Å²) in [6.07, 6.45) is 1.73. The zero-order valence-electron chi connectivity index (χ0n) is 6.53. The number of anilines is 1.